The predicted octanol–water partition coefficient (Wildman–Crippen LogP) is 0.194. The summed E-state index contributed by atoms with van der Waals surface area (Å²) in [5.41, 5.74) is -1.65. The molecule has 2 N–H and O–H groups in total. The topological polar surface area (TPSA) is 103 Å². The first kappa shape index (κ1) is 16.5. The van der Waals surface area contributed by atoms with Crippen molar-refractivity contribution in [2.45, 2.75) is 25.8 Å². The minimum absolute atomic E-state index is 0.116. The van der Waals surface area contributed by atoms with Gasteiger partial charge in [-0.3, -0.25) is 9.59 Å². The zero-order valence-corrected chi connectivity index (χ0v) is 13.4. The quantitative estimate of drug-likeness (QED) is 0.814. The monoisotopic (exact) mass is 335 g/mol. The molecular weight excluding hydrogens is 314 g/mol. The van der Waals surface area contributed by atoms with Crippen molar-refractivity contribution >= 4 is 11.9 Å². The van der Waals surface area contributed by atoms with Crippen LogP contribution in [0.4, 0.5) is 0 Å². The van der Waals surface area contributed by atoms with Gasteiger partial charge in [0, 0.05) is 32.4 Å². The van der Waals surface area contributed by atoms with Crippen LogP contribution in [-0.2, 0) is 6.54 Å². The maximum atomic E-state index is 12.6. The van der Waals surface area contributed by atoms with Crippen molar-refractivity contribution in [3.63, 3.8) is 0 Å². The summed E-state index contributed by atoms with van der Waals surface area (Å²) in [6.07, 6.45) is 4.73. The Morgan fingerprint density at radius 1 is 1.04 bits per heavy atom. The normalized spacial score (nSPS) is 18.5. The standard InChI is InChI=1S/C16H21N3O5/c20-13-11(16(23)24)10-19-9-8-18(15(22)12(19)14(13)21)7-6-17-4-2-1-3-5-17/h10,21H,1-9H2,(H,23,24). The van der Waals surface area contributed by atoms with Gasteiger partial charge in [-0.1, -0.05) is 6.42 Å². The molecule has 0 radical (unpaired) electrons. The van der Waals surface area contributed by atoms with Gasteiger partial charge in [-0.15, -0.1) is 0 Å². The van der Waals surface area contributed by atoms with Crippen LogP contribution in [-0.4, -0.2) is 69.2 Å². The summed E-state index contributed by atoms with van der Waals surface area (Å²) in [5, 5.41) is 19.0. The van der Waals surface area contributed by atoms with Gasteiger partial charge in [0.1, 0.15) is 5.56 Å². The number of likely N-dealkylation sites (tertiary alicyclic amines) is 1. The number of carbonyl (C=O) groups excluding carboxylic acids is 1. The van der Waals surface area contributed by atoms with E-state index in [-0.39, 0.29) is 5.69 Å². The molecular formula is C16H21N3O5. The number of pyridine rings is 1. The van der Waals surface area contributed by atoms with Crippen molar-refractivity contribution in [2.24, 2.45) is 0 Å². The van der Waals surface area contributed by atoms with E-state index in [0.717, 1.165) is 25.8 Å². The van der Waals surface area contributed by atoms with Gasteiger partial charge >= 0.3 is 5.97 Å². The van der Waals surface area contributed by atoms with Gasteiger partial charge in [0.05, 0.1) is 0 Å². The van der Waals surface area contributed by atoms with E-state index in [4.69, 9.17) is 5.11 Å². The van der Waals surface area contributed by atoms with Crippen molar-refractivity contribution in [2.75, 3.05) is 32.7 Å². The molecule has 0 unspecified atom stereocenters. The van der Waals surface area contributed by atoms with Crippen molar-refractivity contribution in [3.05, 3.63) is 27.7 Å². The van der Waals surface area contributed by atoms with Crippen LogP contribution in [0.25, 0.3) is 0 Å². The van der Waals surface area contributed by atoms with Crippen LogP contribution in [0, 0.1) is 0 Å². The highest BCUT2D eigenvalue weighted by Gasteiger charge is 2.30. The molecule has 2 aliphatic heterocycles. The third kappa shape index (κ3) is 3.01. The maximum absolute atomic E-state index is 12.6. The number of piperidine rings is 1. The molecule has 0 aromatic carbocycles. The number of aromatic carboxylic acids is 1. The number of nitrogens with zero attached hydrogens (tertiary/aromatic N) is 3. The Morgan fingerprint density at radius 2 is 1.75 bits per heavy atom. The van der Waals surface area contributed by atoms with Gasteiger partial charge in [-0.05, 0) is 25.9 Å². The highest BCUT2D eigenvalue weighted by Crippen LogP contribution is 2.20. The van der Waals surface area contributed by atoms with Gasteiger partial charge in [-0.25, -0.2) is 4.79 Å². The van der Waals surface area contributed by atoms with Crippen LogP contribution in [0.1, 0.15) is 40.1 Å². The number of fused-ring (bicyclic) bond motifs is 1. The fourth-order valence-electron chi connectivity index (χ4n) is 3.34. The van der Waals surface area contributed by atoms with Gasteiger partial charge in [0.25, 0.3) is 5.91 Å². The Morgan fingerprint density at radius 3 is 2.42 bits per heavy atom. The van der Waals surface area contributed by atoms with E-state index in [9.17, 15) is 19.5 Å². The summed E-state index contributed by atoms with van der Waals surface area (Å²) in [5.74, 6) is -2.61. The molecule has 0 bridgehead atoms. The molecule has 24 heavy (non-hydrogen) atoms. The number of hydrogen-bond acceptors (Lipinski definition) is 5. The molecule has 0 aliphatic carbocycles. The average Bonchev–Trinajstić information content (AvgIpc) is 2.57. The molecule has 3 heterocycles. The molecule has 0 atom stereocenters. The molecule has 1 aromatic heterocycles. The van der Waals surface area contributed by atoms with E-state index in [1.54, 1.807) is 4.90 Å². The molecule has 0 spiro atoms. The Balaban J connectivity index is 1.78. The third-order valence-corrected chi connectivity index (χ3v) is 4.72. The summed E-state index contributed by atoms with van der Waals surface area (Å²) in [6.45, 7) is 4.16. The van der Waals surface area contributed by atoms with Crippen LogP contribution < -0.4 is 5.43 Å². The number of rotatable bonds is 4. The maximum Gasteiger partial charge on any atom is 0.341 e. The van der Waals surface area contributed by atoms with Crippen LogP contribution in [0.3, 0.4) is 0 Å². The molecule has 0 saturated carbocycles. The zero-order valence-electron chi connectivity index (χ0n) is 13.4. The molecule has 1 amide bonds. The summed E-state index contributed by atoms with van der Waals surface area (Å²) < 4.78 is 1.36. The van der Waals surface area contributed by atoms with Crippen LogP contribution >= 0.6 is 0 Å². The zero-order chi connectivity index (χ0) is 17.3. The summed E-state index contributed by atoms with van der Waals surface area (Å²) >= 11 is 0. The SMILES string of the molecule is O=C(O)c1cn2c(c(O)c1=O)C(=O)N(CCN1CCCCC1)CC2. The predicted molar refractivity (Wildman–Crippen MR) is 85.5 cm³/mol. The summed E-state index contributed by atoms with van der Waals surface area (Å²) in [6, 6.07) is 0. The first-order valence-electron chi connectivity index (χ1n) is 8.20. The highest BCUT2D eigenvalue weighted by molar-refractivity contribution is 5.97. The van der Waals surface area contributed by atoms with Gasteiger partial charge in [0.2, 0.25) is 5.43 Å². The van der Waals surface area contributed by atoms with E-state index >= 15 is 0 Å². The molecule has 2 aliphatic rings. The van der Waals surface area contributed by atoms with Crippen molar-refractivity contribution < 1.29 is 19.8 Å². The number of carboxylic acids is 1. The molecule has 130 valence electrons. The Hall–Kier alpha value is -2.35. The molecule has 1 aromatic rings. The fraction of sp³-hybridized carbons (Fsp3) is 0.562. The largest absolute Gasteiger partial charge is 0.503 e. The van der Waals surface area contributed by atoms with E-state index in [1.165, 1.54) is 23.8 Å². The summed E-state index contributed by atoms with van der Waals surface area (Å²) in [4.78, 5) is 39.5. The van der Waals surface area contributed by atoms with Gasteiger partial charge < -0.3 is 24.6 Å². The molecule has 1 saturated heterocycles. The number of aromatic hydroxyl groups is 1. The smallest absolute Gasteiger partial charge is 0.341 e. The lowest BCUT2D eigenvalue weighted by Crippen LogP contribution is -2.46. The fourth-order valence-corrected chi connectivity index (χ4v) is 3.34. The second-order valence-electron chi connectivity index (χ2n) is 6.26. The minimum atomic E-state index is -1.41. The Kier molecular flexibility index (Phi) is 4.57. The lowest BCUT2D eigenvalue weighted by atomic mass is 10.1. The number of aromatic nitrogens is 1. The second-order valence-corrected chi connectivity index (χ2v) is 6.26. The third-order valence-electron chi connectivity index (χ3n) is 4.72. The van der Waals surface area contributed by atoms with Gasteiger partial charge in [-0.2, -0.15) is 0 Å². The molecule has 8 heteroatoms. The number of hydrogen-bond donors (Lipinski definition) is 2. The van der Waals surface area contributed by atoms with E-state index in [2.05, 4.69) is 4.90 Å². The second kappa shape index (κ2) is 6.64. The van der Waals surface area contributed by atoms with E-state index in [0.29, 0.717) is 19.6 Å². The number of amides is 1. The first-order valence-corrected chi connectivity index (χ1v) is 8.20. The molecule has 3 rings (SSSR count). The van der Waals surface area contributed by atoms with Crippen molar-refractivity contribution in [3.8, 4) is 5.75 Å². The molecule has 8 nitrogen and oxygen atoms in total. The minimum Gasteiger partial charge on any atom is -0.503 e. The van der Waals surface area contributed by atoms with Crippen molar-refractivity contribution in [1.82, 2.24) is 14.4 Å². The van der Waals surface area contributed by atoms with Gasteiger partial charge in [0.15, 0.2) is 11.4 Å². The van der Waals surface area contributed by atoms with Crippen molar-refractivity contribution in [1.29, 1.82) is 0 Å². The average molecular weight is 335 g/mol. The Bertz CT molecular complexity index is 721. The lowest BCUT2D eigenvalue weighted by molar-refractivity contribution is 0.0654. The lowest BCUT2D eigenvalue weighted by Gasteiger charge is -2.33. The van der Waals surface area contributed by atoms with Crippen LogP contribution in [0.15, 0.2) is 11.0 Å². The Labute approximate surface area is 138 Å². The van der Waals surface area contributed by atoms with E-state index < -0.39 is 28.6 Å². The van der Waals surface area contributed by atoms with E-state index in [1.807, 2.05) is 0 Å². The summed E-state index contributed by atoms with van der Waals surface area (Å²) in [7, 11) is 0. The van der Waals surface area contributed by atoms with Crippen LogP contribution in [0.2, 0.25) is 0 Å². The van der Waals surface area contributed by atoms with Crippen LogP contribution in [0.5, 0.6) is 5.75 Å². The highest BCUT2D eigenvalue weighted by atomic mass is 16.4. The first-order chi connectivity index (χ1) is 11.5. The number of carboxylic acid groups (broad SMARTS) is 1. The molecule has 1 fully saturated rings. The number of carbonyl (C=O) groups is 2.